The summed E-state index contributed by atoms with van der Waals surface area (Å²) in [6.45, 7) is 3.84. The zero-order valence-electron chi connectivity index (χ0n) is 15.4. The van der Waals surface area contributed by atoms with Gasteiger partial charge in [0.15, 0.2) is 0 Å². The van der Waals surface area contributed by atoms with Gasteiger partial charge in [-0.3, -0.25) is 19.7 Å². The Hall–Kier alpha value is -3.75. The third kappa shape index (κ3) is 5.90. The van der Waals surface area contributed by atoms with Crippen LogP contribution in [0.15, 0.2) is 41.5 Å². The van der Waals surface area contributed by atoms with Gasteiger partial charge in [0.1, 0.15) is 5.75 Å². The van der Waals surface area contributed by atoms with E-state index in [4.69, 9.17) is 0 Å². The molecule has 0 saturated heterocycles. The minimum atomic E-state index is -0.607. The highest BCUT2D eigenvalue weighted by atomic mass is 16.6. The molecule has 0 fully saturated rings. The first-order valence-electron chi connectivity index (χ1n) is 8.42. The maximum Gasteiger partial charge on any atom is 0.270 e. The maximum absolute atomic E-state index is 12.0. The summed E-state index contributed by atoms with van der Waals surface area (Å²) >= 11 is 0. The molecule has 0 radical (unpaired) electrons. The molecule has 146 valence electrons. The Kier molecular flexibility index (Phi) is 6.80. The number of aromatic hydroxyl groups is 1. The van der Waals surface area contributed by atoms with E-state index in [1.165, 1.54) is 6.07 Å². The van der Waals surface area contributed by atoms with Gasteiger partial charge in [-0.25, -0.2) is 5.43 Å². The van der Waals surface area contributed by atoms with E-state index in [0.29, 0.717) is 5.69 Å². The lowest BCUT2D eigenvalue weighted by atomic mass is 10.1. The second-order valence-corrected chi connectivity index (χ2v) is 6.16. The molecule has 9 heteroatoms. The van der Waals surface area contributed by atoms with Crippen molar-refractivity contribution in [2.24, 2.45) is 5.10 Å². The summed E-state index contributed by atoms with van der Waals surface area (Å²) in [4.78, 5) is 33.9. The summed E-state index contributed by atoms with van der Waals surface area (Å²) in [7, 11) is 0. The number of hydrogen-bond acceptors (Lipinski definition) is 6. The lowest BCUT2D eigenvalue weighted by Crippen LogP contribution is -2.20. The van der Waals surface area contributed by atoms with Crippen LogP contribution in [0.4, 0.5) is 11.4 Å². The van der Waals surface area contributed by atoms with Gasteiger partial charge in [0, 0.05) is 36.2 Å². The molecule has 2 rings (SSSR count). The topological polar surface area (TPSA) is 134 Å². The summed E-state index contributed by atoms with van der Waals surface area (Å²) in [5, 5.41) is 26.8. The number of nitrogens with one attached hydrogen (secondary N) is 2. The number of rotatable bonds is 7. The lowest BCUT2D eigenvalue weighted by molar-refractivity contribution is -0.384. The standard InChI is InChI=1S/C19H20N4O5/c1-12-3-5-16(13(2)9-12)21-18(25)7-8-19(26)22-20-11-14-10-15(23(27)28)4-6-17(14)24/h3-6,9-11,24H,7-8H2,1-2H3,(H,21,25)(H,22,26)/b20-11+. The third-order valence-corrected chi connectivity index (χ3v) is 3.85. The smallest absolute Gasteiger partial charge is 0.270 e. The highest BCUT2D eigenvalue weighted by molar-refractivity contribution is 5.94. The van der Waals surface area contributed by atoms with Gasteiger partial charge in [0.05, 0.1) is 11.1 Å². The number of phenolic OH excluding ortho intramolecular Hbond substituents is 1. The van der Waals surface area contributed by atoms with Gasteiger partial charge < -0.3 is 10.4 Å². The number of aryl methyl sites for hydroxylation is 2. The fourth-order valence-corrected chi connectivity index (χ4v) is 2.38. The Morgan fingerprint density at radius 1 is 1.14 bits per heavy atom. The van der Waals surface area contributed by atoms with Crippen LogP contribution in [0.25, 0.3) is 0 Å². The highest BCUT2D eigenvalue weighted by Crippen LogP contribution is 2.21. The molecule has 9 nitrogen and oxygen atoms in total. The molecule has 2 aromatic carbocycles. The molecule has 0 heterocycles. The van der Waals surface area contributed by atoms with Gasteiger partial charge in [0.25, 0.3) is 5.69 Å². The Morgan fingerprint density at radius 2 is 1.86 bits per heavy atom. The van der Waals surface area contributed by atoms with Crippen LogP contribution in [0.5, 0.6) is 5.75 Å². The maximum atomic E-state index is 12.0. The summed E-state index contributed by atoms with van der Waals surface area (Å²) in [5.74, 6) is -1.02. The van der Waals surface area contributed by atoms with E-state index in [-0.39, 0.29) is 35.7 Å². The van der Waals surface area contributed by atoms with Crippen LogP contribution in [0.2, 0.25) is 0 Å². The Labute approximate surface area is 161 Å². The summed E-state index contributed by atoms with van der Waals surface area (Å²) in [5.41, 5.74) is 4.79. The number of amides is 2. The molecule has 0 aliphatic heterocycles. The van der Waals surface area contributed by atoms with E-state index in [1.54, 1.807) is 6.07 Å². The average molecular weight is 384 g/mol. The normalized spacial score (nSPS) is 10.6. The minimum Gasteiger partial charge on any atom is -0.507 e. The lowest BCUT2D eigenvalue weighted by Gasteiger charge is -2.08. The molecule has 2 amide bonds. The van der Waals surface area contributed by atoms with Crippen molar-refractivity contribution in [3.8, 4) is 5.75 Å². The summed E-state index contributed by atoms with van der Waals surface area (Å²) in [6, 6.07) is 9.08. The molecule has 2 aromatic rings. The monoisotopic (exact) mass is 384 g/mol. The van der Waals surface area contributed by atoms with Crippen LogP contribution in [0, 0.1) is 24.0 Å². The quantitative estimate of drug-likeness (QED) is 0.383. The van der Waals surface area contributed by atoms with Gasteiger partial charge in [-0.2, -0.15) is 5.10 Å². The first-order chi connectivity index (χ1) is 13.3. The number of carbonyl (C=O) groups excluding carboxylic acids is 2. The molecule has 0 saturated carbocycles. The number of nitro benzene ring substituents is 1. The molecule has 28 heavy (non-hydrogen) atoms. The van der Waals surface area contributed by atoms with E-state index in [2.05, 4.69) is 15.8 Å². The molecule has 0 aromatic heterocycles. The molecule has 0 unspecified atom stereocenters. The summed E-state index contributed by atoms with van der Waals surface area (Å²) in [6.07, 6.45) is 0.974. The Bertz CT molecular complexity index is 940. The van der Waals surface area contributed by atoms with Crippen molar-refractivity contribution in [1.82, 2.24) is 5.43 Å². The van der Waals surface area contributed by atoms with Crippen LogP contribution in [-0.2, 0) is 9.59 Å². The number of hydrogen-bond donors (Lipinski definition) is 3. The predicted molar refractivity (Wildman–Crippen MR) is 104 cm³/mol. The number of phenols is 1. The number of nitro groups is 1. The highest BCUT2D eigenvalue weighted by Gasteiger charge is 2.10. The number of hydrazone groups is 1. The van der Waals surface area contributed by atoms with E-state index in [9.17, 15) is 24.8 Å². The van der Waals surface area contributed by atoms with E-state index < -0.39 is 10.8 Å². The Balaban J connectivity index is 1.84. The van der Waals surface area contributed by atoms with Gasteiger partial charge in [-0.1, -0.05) is 17.7 Å². The van der Waals surface area contributed by atoms with Crippen molar-refractivity contribution < 1.29 is 19.6 Å². The van der Waals surface area contributed by atoms with Crippen LogP contribution < -0.4 is 10.7 Å². The second-order valence-electron chi connectivity index (χ2n) is 6.16. The zero-order valence-corrected chi connectivity index (χ0v) is 15.4. The fraction of sp³-hybridized carbons (Fsp3) is 0.211. The number of non-ortho nitro benzene ring substituents is 1. The van der Waals surface area contributed by atoms with Crippen molar-refractivity contribution in [2.45, 2.75) is 26.7 Å². The molecule has 0 bridgehead atoms. The molecule has 3 N–H and O–H groups in total. The molecule has 0 spiro atoms. The van der Waals surface area contributed by atoms with Gasteiger partial charge in [0.2, 0.25) is 11.8 Å². The zero-order chi connectivity index (χ0) is 20.7. The number of anilines is 1. The van der Waals surface area contributed by atoms with E-state index in [0.717, 1.165) is 29.5 Å². The van der Waals surface area contributed by atoms with Crippen molar-refractivity contribution in [3.63, 3.8) is 0 Å². The summed E-state index contributed by atoms with van der Waals surface area (Å²) < 4.78 is 0. The number of nitrogens with zero attached hydrogens (tertiary/aromatic N) is 2. The van der Waals surface area contributed by atoms with E-state index >= 15 is 0 Å². The van der Waals surface area contributed by atoms with Gasteiger partial charge in [-0.15, -0.1) is 0 Å². The first kappa shape index (κ1) is 20.6. The molecule has 0 aliphatic carbocycles. The van der Waals surface area contributed by atoms with Crippen LogP contribution >= 0.6 is 0 Å². The third-order valence-electron chi connectivity index (χ3n) is 3.85. The molecule has 0 atom stereocenters. The number of benzene rings is 2. The predicted octanol–water partition coefficient (Wildman–Crippen LogP) is 2.79. The van der Waals surface area contributed by atoms with Crippen LogP contribution in [-0.4, -0.2) is 28.1 Å². The SMILES string of the molecule is Cc1ccc(NC(=O)CCC(=O)N/N=C/c2cc([N+](=O)[O-])ccc2O)c(C)c1. The molecular weight excluding hydrogens is 364 g/mol. The van der Waals surface area contributed by atoms with E-state index in [1.807, 2.05) is 26.0 Å². The van der Waals surface area contributed by atoms with Gasteiger partial charge >= 0.3 is 0 Å². The fourth-order valence-electron chi connectivity index (χ4n) is 2.38. The van der Waals surface area contributed by atoms with Crippen molar-refractivity contribution in [3.05, 3.63) is 63.2 Å². The second kappa shape index (κ2) is 9.26. The van der Waals surface area contributed by atoms with Crippen LogP contribution in [0.3, 0.4) is 0 Å². The first-order valence-corrected chi connectivity index (χ1v) is 8.42. The van der Waals surface area contributed by atoms with Crippen molar-refractivity contribution in [2.75, 3.05) is 5.32 Å². The van der Waals surface area contributed by atoms with Crippen LogP contribution in [0.1, 0.15) is 29.5 Å². The van der Waals surface area contributed by atoms with Gasteiger partial charge in [-0.05, 0) is 31.5 Å². The molecule has 0 aliphatic rings. The van der Waals surface area contributed by atoms with Crippen molar-refractivity contribution >= 4 is 29.4 Å². The minimum absolute atomic E-state index is 0.0310. The molecular formula is C19H20N4O5. The van der Waals surface area contributed by atoms with Crippen molar-refractivity contribution in [1.29, 1.82) is 0 Å². The average Bonchev–Trinajstić information content (AvgIpc) is 2.63. The largest absolute Gasteiger partial charge is 0.507 e. The Morgan fingerprint density at radius 3 is 2.54 bits per heavy atom. The number of carbonyl (C=O) groups is 2.